The van der Waals surface area contributed by atoms with Gasteiger partial charge in [0.2, 0.25) is 0 Å². The Kier molecular flexibility index (Phi) is 5.57. The van der Waals surface area contributed by atoms with Crippen LogP contribution in [0.3, 0.4) is 0 Å². The number of likely N-dealkylation sites (N-methyl/N-ethyl adjacent to an activating group) is 2. The molecule has 0 saturated carbocycles. The molecule has 4 N–H and O–H groups in total. The maximum Gasteiger partial charge on any atom is 0.0689 e. The minimum Gasteiger partial charge on any atom is -0.397 e. The maximum absolute atomic E-state index is 6.02. The van der Waals surface area contributed by atoms with Gasteiger partial charge in [-0.25, -0.2) is 0 Å². The number of benzene rings is 2. The summed E-state index contributed by atoms with van der Waals surface area (Å²) >= 11 is 1.64. The molecule has 0 aliphatic heterocycles. The quantitative estimate of drug-likeness (QED) is 0.802. The lowest BCUT2D eigenvalue weighted by Gasteiger charge is -2.21. The van der Waals surface area contributed by atoms with Gasteiger partial charge in [0.1, 0.15) is 0 Å². The van der Waals surface area contributed by atoms with E-state index in [2.05, 4.69) is 55.2 Å². The minimum atomic E-state index is 0.630. The molecule has 0 radical (unpaired) electrons. The number of nitrogens with two attached hydrogens (primary N) is 2. The number of rotatable bonds is 6. The van der Waals surface area contributed by atoms with Gasteiger partial charge < -0.3 is 21.3 Å². The zero-order chi connectivity index (χ0) is 16.1. The Balaban J connectivity index is 2.04. The summed E-state index contributed by atoms with van der Waals surface area (Å²) in [5, 5.41) is 0. The average Bonchev–Trinajstić information content (AvgIpc) is 2.50. The second-order valence-corrected chi connectivity index (χ2v) is 6.70. The average molecular weight is 316 g/mol. The lowest BCUT2D eigenvalue weighted by atomic mass is 10.3. The monoisotopic (exact) mass is 316 g/mol. The van der Waals surface area contributed by atoms with Crippen molar-refractivity contribution in [2.24, 2.45) is 0 Å². The highest BCUT2D eigenvalue weighted by molar-refractivity contribution is 7.99. The summed E-state index contributed by atoms with van der Waals surface area (Å²) in [6.45, 7) is 2.04. The molecular weight excluding hydrogens is 292 g/mol. The third kappa shape index (κ3) is 4.32. The normalized spacial score (nSPS) is 10.9. The zero-order valence-corrected chi connectivity index (χ0v) is 14.2. The van der Waals surface area contributed by atoms with Crippen molar-refractivity contribution in [2.45, 2.75) is 9.79 Å². The SMILES string of the molecule is CN(C)CCN(C)c1ccc(Sc2cccc(N)c2N)cc1. The Hall–Kier alpha value is -1.85. The van der Waals surface area contributed by atoms with Gasteiger partial charge in [-0.05, 0) is 50.5 Å². The van der Waals surface area contributed by atoms with Crippen LogP contribution in [0.25, 0.3) is 0 Å². The number of para-hydroxylation sites is 1. The van der Waals surface area contributed by atoms with Gasteiger partial charge in [0.25, 0.3) is 0 Å². The minimum absolute atomic E-state index is 0.630. The van der Waals surface area contributed by atoms with Gasteiger partial charge >= 0.3 is 0 Å². The van der Waals surface area contributed by atoms with Crippen molar-refractivity contribution in [1.82, 2.24) is 4.90 Å². The Labute approximate surface area is 137 Å². The van der Waals surface area contributed by atoms with Crippen LogP contribution in [0.15, 0.2) is 52.3 Å². The van der Waals surface area contributed by atoms with Crippen LogP contribution in [0.4, 0.5) is 17.1 Å². The first-order valence-corrected chi connectivity index (χ1v) is 8.07. The molecule has 0 atom stereocenters. The van der Waals surface area contributed by atoms with Gasteiger partial charge in [-0.15, -0.1) is 0 Å². The lowest BCUT2D eigenvalue weighted by molar-refractivity contribution is 0.416. The van der Waals surface area contributed by atoms with E-state index in [1.54, 1.807) is 11.8 Å². The fourth-order valence-corrected chi connectivity index (χ4v) is 2.93. The van der Waals surface area contributed by atoms with Crippen LogP contribution in [-0.4, -0.2) is 39.1 Å². The summed E-state index contributed by atoms with van der Waals surface area (Å²) < 4.78 is 0. The topological polar surface area (TPSA) is 58.5 Å². The first-order valence-electron chi connectivity index (χ1n) is 7.25. The van der Waals surface area contributed by atoms with E-state index in [4.69, 9.17) is 11.5 Å². The first kappa shape index (κ1) is 16.5. The fourth-order valence-electron chi connectivity index (χ4n) is 2.02. The van der Waals surface area contributed by atoms with Crippen molar-refractivity contribution < 1.29 is 0 Å². The highest BCUT2D eigenvalue weighted by Gasteiger charge is 2.06. The molecule has 0 amide bonds. The van der Waals surface area contributed by atoms with E-state index < -0.39 is 0 Å². The van der Waals surface area contributed by atoms with Crippen molar-refractivity contribution in [3.8, 4) is 0 Å². The van der Waals surface area contributed by atoms with E-state index in [0.717, 1.165) is 22.9 Å². The first-order chi connectivity index (χ1) is 10.5. The predicted octanol–water partition coefficient (Wildman–Crippen LogP) is 3.00. The molecule has 0 heterocycles. The molecule has 2 aromatic carbocycles. The number of hydrogen-bond acceptors (Lipinski definition) is 5. The van der Waals surface area contributed by atoms with Gasteiger partial charge in [0.05, 0.1) is 11.4 Å². The molecule has 118 valence electrons. The van der Waals surface area contributed by atoms with E-state index in [-0.39, 0.29) is 0 Å². The number of anilines is 3. The number of nitrogen functional groups attached to an aromatic ring is 2. The van der Waals surface area contributed by atoms with Crippen LogP contribution in [-0.2, 0) is 0 Å². The maximum atomic E-state index is 6.02. The zero-order valence-electron chi connectivity index (χ0n) is 13.4. The number of nitrogens with zero attached hydrogens (tertiary/aromatic N) is 2. The fraction of sp³-hybridized carbons (Fsp3) is 0.294. The van der Waals surface area contributed by atoms with E-state index in [0.29, 0.717) is 11.4 Å². The van der Waals surface area contributed by atoms with Gasteiger partial charge in [0, 0.05) is 35.6 Å². The Morgan fingerprint density at radius 2 is 1.59 bits per heavy atom. The third-order valence-corrected chi connectivity index (χ3v) is 4.57. The molecule has 5 heteroatoms. The van der Waals surface area contributed by atoms with Gasteiger partial charge in [-0.2, -0.15) is 0 Å². The van der Waals surface area contributed by atoms with Crippen LogP contribution < -0.4 is 16.4 Å². The summed E-state index contributed by atoms with van der Waals surface area (Å²) in [5.41, 5.74) is 14.4. The van der Waals surface area contributed by atoms with E-state index >= 15 is 0 Å². The second-order valence-electron chi connectivity index (χ2n) is 5.58. The summed E-state index contributed by atoms with van der Waals surface area (Å²) in [5.74, 6) is 0. The molecule has 0 bridgehead atoms. The smallest absolute Gasteiger partial charge is 0.0689 e. The molecule has 0 spiro atoms. The second kappa shape index (κ2) is 7.42. The molecule has 0 unspecified atom stereocenters. The molecule has 2 rings (SSSR count). The van der Waals surface area contributed by atoms with E-state index in [1.165, 1.54) is 5.69 Å². The van der Waals surface area contributed by atoms with Crippen LogP contribution in [0.2, 0.25) is 0 Å². The van der Waals surface area contributed by atoms with Gasteiger partial charge in [0.15, 0.2) is 0 Å². The summed E-state index contributed by atoms with van der Waals surface area (Å²) in [6.07, 6.45) is 0. The lowest BCUT2D eigenvalue weighted by Crippen LogP contribution is -2.28. The van der Waals surface area contributed by atoms with E-state index in [9.17, 15) is 0 Å². The van der Waals surface area contributed by atoms with Crippen molar-refractivity contribution in [3.05, 3.63) is 42.5 Å². The Morgan fingerprint density at radius 3 is 2.23 bits per heavy atom. The Bertz CT molecular complexity index is 611. The predicted molar refractivity (Wildman–Crippen MR) is 97.7 cm³/mol. The molecule has 0 aromatic heterocycles. The summed E-state index contributed by atoms with van der Waals surface area (Å²) in [4.78, 5) is 6.59. The summed E-state index contributed by atoms with van der Waals surface area (Å²) in [7, 11) is 6.29. The van der Waals surface area contributed by atoms with Gasteiger partial charge in [-0.1, -0.05) is 17.8 Å². The molecule has 0 fully saturated rings. The third-order valence-electron chi connectivity index (χ3n) is 3.49. The molecule has 4 nitrogen and oxygen atoms in total. The molecule has 0 aliphatic carbocycles. The molecule has 2 aromatic rings. The Morgan fingerprint density at radius 1 is 0.909 bits per heavy atom. The standard InChI is InChI=1S/C17H24N4S/c1-20(2)11-12-21(3)13-7-9-14(10-8-13)22-16-6-4-5-15(18)17(16)19/h4-10H,11-12,18-19H2,1-3H3. The highest BCUT2D eigenvalue weighted by Crippen LogP contribution is 2.35. The van der Waals surface area contributed by atoms with Crippen molar-refractivity contribution >= 4 is 28.8 Å². The van der Waals surface area contributed by atoms with Gasteiger partial charge in [-0.3, -0.25) is 0 Å². The van der Waals surface area contributed by atoms with E-state index in [1.807, 2.05) is 18.2 Å². The number of hydrogen-bond donors (Lipinski definition) is 2. The molecule has 0 saturated heterocycles. The summed E-state index contributed by atoms with van der Waals surface area (Å²) in [6, 6.07) is 14.3. The molecule has 0 aliphatic rings. The van der Waals surface area contributed by atoms with Crippen LogP contribution in [0.5, 0.6) is 0 Å². The highest BCUT2D eigenvalue weighted by atomic mass is 32.2. The van der Waals surface area contributed by atoms with Crippen LogP contribution >= 0.6 is 11.8 Å². The largest absolute Gasteiger partial charge is 0.397 e. The van der Waals surface area contributed by atoms with Crippen LogP contribution in [0, 0.1) is 0 Å². The van der Waals surface area contributed by atoms with Crippen LogP contribution in [0.1, 0.15) is 0 Å². The molecular formula is C17H24N4S. The molecule has 22 heavy (non-hydrogen) atoms. The van der Waals surface area contributed by atoms with Crippen molar-refractivity contribution in [1.29, 1.82) is 0 Å². The van der Waals surface area contributed by atoms with Crippen molar-refractivity contribution in [3.63, 3.8) is 0 Å². The van der Waals surface area contributed by atoms with Crippen molar-refractivity contribution in [2.75, 3.05) is 50.6 Å².